The van der Waals surface area contributed by atoms with Crippen LogP contribution in [0.4, 0.5) is 4.79 Å². The Morgan fingerprint density at radius 3 is 2.32 bits per heavy atom. The van der Waals surface area contributed by atoms with E-state index >= 15 is 0 Å². The Balaban J connectivity index is 1.58. The summed E-state index contributed by atoms with van der Waals surface area (Å²) in [7, 11) is -3.85. The summed E-state index contributed by atoms with van der Waals surface area (Å²) in [6.45, 7) is 7.31. The van der Waals surface area contributed by atoms with Crippen LogP contribution in [0.2, 0.25) is 0 Å². The molecule has 202 valence electrons. The topological polar surface area (TPSA) is 123 Å². The summed E-state index contributed by atoms with van der Waals surface area (Å²) >= 11 is 0. The zero-order valence-corrected chi connectivity index (χ0v) is 22.7. The second-order valence-corrected chi connectivity index (χ2v) is 11.2. The number of carbonyl (C=O) groups excluding carboxylic acids is 1. The normalized spacial score (nSPS) is 15.4. The number of nitrogens with two attached hydrogens (primary N) is 1. The van der Waals surface area contributed by atoms with E-state index in [4.69, 9.17) is 11.1 Å². The number of nitrogens with one attached hydrogen (secondary N) is 2. The van der Waals surface area contributed by atoms with Crippen LogP contribution < -0.4 is 10.5 Å². The summed E-state index contributed by atoms with van der Waals surface area (Å²) in [5.74, 6) is -0.0383. The summed E-state index contributed by atoms with van der Waals surface area (Å²) < 4.78 is 30.1. The lowest BCUT2D eigenvalue weighted by molar-refractivity contribution is 0.0884. The highest BCUT2D eigenvalue weighted by atomic mass is 32.2. The number of fused-ring (bicyclic) bond motifs is 1. The maximum Gasteiger partial charge on any atom is 0.320 e. The summed E-state index contributed by atoms with van der Waals surface area (Å²) in [6.07, 6.45) is -0.155. The lowest BCUT2D eigenvalue weighted by Gasteiger charge is -2.40. The molecule has 1 heterocycles. The van der Waals surface area contributed by atoms with E-state index in [-0.39, 0.29) is 16.8 Å². The fourth-order valence-corrected chi connectivity index (χ4v) is 6.09. The molecule has 1 saturated heterocycles. The van der Waals surface area contributed by atoms with E-state index in [2.05, 4.69) is 9.62 Å². The molecule has 10 heteroatoms. The second kappa shape index (κ2) is 11.9. The van der Waals surface area contributed by atoms with E-state index in [0.29, 0.717) is 51.3 Å². The fraction of sp³-hybridized carbons (Fsp3) is 0.357. The predicted octanol–water partition coefficient (Wildman–Crippen LogP) is 3.05. The van der Waals surface area contributed by atoms with E-state index < -0.39 is 16.2 Å². The van der Waals surface area contributed by atoms with Gasteiger partial charge in [-0.2, -0.15) is 4.72 Å². The van der Waals surface area contributed by atoms with E-state index in [1.165, 1.54) is 0 Å². The first-order valence-electron chi connectivity index (χ1n) is 12.9. The minimum Gasteiger partial charge on any atom is -0.384 e. The molecule has 2 amide bonds. The number of nitrogen functional groups attached to an aromatic ring is 1. The van der Waals surface area contributed by atoms with Gasteiger partial charge < -0.3 is 15.5 Å². The molecule has 0 bridgehead atoms. The fourth-order valence-electron chi connectivity index (χ4n) is 4.84. The molecule has 0 radical (unpaired) electrons. The van der Waals surface area contributed by atoms with Crippen LogP contribution >= 0.6 is 0 Å². The Morgan fingerprint density at radius 1 is 0.974 bits per heavy atom. The molecule has 3 aromatic carbocycles. The van der Waals surface area contributed by atoms with Gasteiger partial charge in [-0.3, -0.25) is 10.3 Å². The van der Waals surface area contributed by atoms with E-state index in [9.17, 15) is 13.2 Å². The Bertz CT molecular complexity index is 1400. The average molecular weight is 537 g/mol. The number of piperazine rings is 1. The van der Waals surface area contributed by atoms with Crippen molar-refractivity contribution in [3.63, 3.8) is 0 Å². The lowest BCUT2D eigenvalue weighted by Crippen LogP contribution is -2.58. The van der Waals surface area contributed by atoms with Gasteiger partial charge in [0.1, 0.15) is 5.84 Å². The molecular formula is C28H36N6O3S. The van der Waals surface area contributed by atoms with Crippen LogP contribution in [0.1, 0.15) is 25.0 Å². The number of hydrogen-bond donors (Lipinski definition) is 3. The molecule has 1 aliphatic heterocycles. The number of amidine groups is 1. The molecule has 4 rings (SSSR count). The number of carbonyl (C=O) groups is 1. The standard InChI is InChI=1S/C28H36N6O3S/c1-3-32(4-2)28(35)34-16-14-33(15-17-34)26(19-21-8-7-11-24(18-21)27(29)30)31-38(36,37)25-13-12-22-9-5-6-10-23(22)20-25/h5-13,18,20,26,31H,3-4,14-17,19H2,1-2H3,(H3,29,30)/t26-/m1/s1. The Hall–Kier alpha value is -3.47. The number of urea groups is 1. The minimum atomic E-state index is -3.85. The third-order valence-corrected chi connectivity index (χ3v) is 8.51. The SMILES string of the molecule is CCN(CC)C(=O)N1CCN([C@H](Cc2cccc(C(=N)N)c2)NS(=O)(=O)c2ccc3ccccc3c2)CC1. The van der Waals surface area contributed by atoms with E-state index in [0.717, 1.165) is 16.3 Å². The lowest BCUT2D eigenvalue weighted by atomic mass is 10.1. The zero-order valence-electron chi connectivity index (χ0n) is 21.9. The zero-order chi connectivity index (χ0) is 27.3. The van der Waals surface area contributed by atoms with Crippen molar-refractivity contribution in [2.75, 3.05) is 39.3 Å². The summed E-state index contributed by atoms with van der Waals surface area (Å²) in [4.78, 5) is 18.7. The number of amides is 2. The third-order valence-electron chi connectivity index (χ3n) is 7.05. The van der Waals surface area contributed by atoms with Gasteiger partial charge in [-0.15, -0.1) is 0 Å². The van der Waals surface area contributed by atoms with Crippen LogP contribution in [-0.2, 0) is 16.4 Å². The van der Waals surface area contributed by atoms with Crippen LogP contribution in [-0.4, -0.2) is 80.4 Å². The van der Waals surface area contributed by atoms with Crippen molar-refractivity contribution in [1.29, 1.82) is 5.41 Å². The van der Waals surface area contributed by atoms with Gasteiger partial charge in [0.05, 0.1) is 11.1 Å². The summed E-state index contributed by atoms with van der Waals surface area (Å²) in [5.41, 5.74) is 7.15. The highest BCUT2D eigenvalue weighted by Crippen LogP contribution is 2.21. The largest absolute Gasteiger partial charge is 0.384 e. The van der Waals surface area contributed by atoms with Gasteiger partial charge in [-0.1, -0.05) is 48.5 Å². The molecule has 0 spiro atoms. The smallest absolute Gasteiger partial charge is 0.320 e. The van der Waals surface area contributed by atoms with Gasteiger partial charge in [-0.05, 0) is 48.4 Å². The Morgan fingerprint density at radius 2 is 1.66 bits per heavy atom. The number of nitrogens with zero attached hydrogens (tertiary/aromatic N) is 3. The van der Waals surface area contributed by atoms with Gasteiger partial charge in [0.25, 0.3) is 0 Å². The molecule has 0 aromatic heterocycles. The first kappa shape index (κ1) is 27.6. The number of sulfonamides is 1. The van der Waals surface area contributed by atoms with Gasteiger partial charge in [0.15, 0.2) is 0 Å². The third kappa shape index (κ3) is 6.32. The molecule has 0 unspecified atom stereocenters. The van der Waals surface area contributed by atoms with Crippen LogP contribution in [0.15, 0.2) is 71.6 Å². The molecule has 4 N–H and O–H groups in total. The molecule has 9 nitrogen and oxygen atoms in total. The van der Waals surface area contributed by atoms with Crippen molar-refractivity contribution in [3.05, 3.63) is 77.9 Å². The average Bonchev–Trinajstić information content (AvgIpc) is 2.93. The van der Waals surface area contributed by atoms with Crippen molar-refractivity contribution in [3.8, 4) is 0 Å². The van der Waals surface area contributed by atoms with Crippen molar-refractivity contribution in [2.45, 2.75) is 31.3 Å². The maximum atomic E-state index is 13.6. The van der Waals surface area contributed by atoms with E-state index in [1.54, 1.807) is 23.1 Å². The Labute approximate surface area is 224 Å². The number of benzene rings is 3. The Kier molecular flexibility index (Phi) is 8.65. The molecule has 38 heavy (non-hydrogen) atoms. The highest BCUT2D eigenvalue weighted by molar-refractivity contribution is 7.89. The van der Waals surface area contributed by atoms with Gasteiger partial charge in [0, 0.05) is 51.3 Å². The van der Waals surface area contributed by atoms with Crippen molar-refractivity contribution in [2.24, 2.45) is 5.73 Å². The van der Waals surface area contributed by atoms with E-state index in [1.807, 2.05) is 67.3 Å². The van der Waals surface area contributed by atoms with Gasteiger partial charge in [0.2, 0.25) is 10.0 Å². The van der Waals surface area contributed by atoms with Gasteiger partial charge >= 0.3 is 6.03 Å². The van der Waals surface area contributed by atoms with Crippen LogP contribution in [0.25, 0.3) is 10.8 Å². The monoisotopic (exact) mass is 536 g/mol. The summed E-state index contributed by atoms with van der Waals surface area (Å²) in [6, 6.07) is 20.1. The van der Waals surface area contributed by atoms with Crippen LogP contribution in [0, 0.1) is 5.41 Å². The molecule has 0 aliphatic carbocycles. The predicted molar refractivity (Wildman–Crippen MR) is 151 cm³/mol. The van der Waals surface area contributed by atoms with Crippen molar-refractivity contribution < 1.29 is 13.2 Å². The summed E-state index contributed by atoms with van der Waals surface area (Å²) in [5, 5.41) is 9.60. The minimum absolute atomic E-state index is 0.0112. The van der Waals surface area contributed by atoms with Crippen LogP contribution in [0.5, 0.6) is 0 Å². The molecular weight excluding hydrogens is 500 g/mol. The highest BCUT2D eigenvalue weighted by Gasteiger charge is 2.31. The first-order valence-corrected chi connectivity index (χ1v) is 14.4. The molecule has 1 fully saturated rings. The quantitative estimate of drug-likeness (QED) is 0.287. The molecule has 1 atom stereocenters. The first-order chi connectivity index (χ1) is 18.2. The van der Waals surface area contributed by atoms with Crippen molar-refractivity contribution >= 4 is 32.7 Å². The molecule has 0 saturated carbocycles. The van der Waals surface area contributed by atoms with Gasteiger partial charge in [-0.25, -0.2) is 13.2 Å². The van der Waals surface area contributed by atoms with Crippen LogP contribution in [0.3, 0.4) is 0 Å². The number of hydrogen-bond acceptors (Lipinski definition) is 5. The van der Waals surface area contributed by atoms with Crippen molar-refractivity contribution in [1.82, 2.24) is 19.4 Å². The molecule has 1 aliphatic rings. The number of rotatable bonds is 9. The maximum absolute atomic E-state index is 13.6. The second-order valence-electron chi connectivity index (χ2n) is 9.44. The molecule has 3 aromatic rings.